The molecule has 0 unspecified atom stereocenters. The average molecular weight is 151 g/mol. The van der Waals surface area contributed by atoms with Gasteiger partial charge in [0.2, 0.25) is 0 Å². The van der Waals surface area contributed by atoms with Crippen LogP contribution in [0, 0.1) is 0 Å². The highest BCUT2D eigenvalue weighted by molar-refractivity contribution is 7.11. The quantitative estimate of drug-likeness (QED) is 0.617. The molecule has 3 nitrogen and oxygen atoms in total. The second-order valence-corrected chi connectivity index (χ2v) is 2.74. The molecule has 0 saturated carbocycles. The van der Waals surface area contributed by atoms with Crippen LogP contribution in [0.1, 0.15) is 0 Å². The molecule has 0 saturated heterocycles. The third kappa shape index (κ3) is 0.657. The smallest absolute Gasteiger partial charge is 0.114 e. The average Bonchev–Trinajstić information content (AvgIpc) is 2.34. The summed E-state index contributed by atoms with van der Waals surface area (Å²) in [4.78, 5) is 3.91. The van der Waals surface area contributed by atoms with Gasteiger partial charge in [-0.3, -0.25) is 4.98 Å². The van der Waals surface area contributed by atoms with E-state index in [-0.39, 0.29) is 0 Å². The molecule has 0 atom stereocenters. The first kappa shape index (κ1) is 5.61. The van der Waals surface area contributed by atoms with Crippen molar-refractivity contribution >= 4 is 27.4 Å². The van der Waals surface area contributed by atoms with E-state index in [1.807, 2.05) is 6.07 Å². The number of nitrogens with two attached hydrogens (primary N) is 1. The summed E-state index contributed by atoms with van der Waals surface area (Å²) >= 11 is 1.31. The number of fused-ring (bicyclic) bond motifs is 1. The fraction of sp³-hybridized carbons (Fsp3) is 0. The van der Waals surface area contributed by atoms with Crippen molar-refractivity contribution in [2.24, 2.45) is 0 Å². The maximum Gasteiger partial charge on any atom is 0.114 e. The summed E-state index contributed by atoms with van der Waals surface area (Å²) in [5.74, 6) is 0. The molecule has 0 aliphatic heterocycles. The number of nitrogens with zero attached hydrogens (tertiary/aromatic N) is 2. The molecule has 2 aromatic rings. The Labute approximate surface area is 61.7 Å². The van der Waals surface area contributed by atoms with Gasteiger partial charge in [0.25, 0.3) is 0 Å². The van der Waals surface area contributed by atoms with E-state index in [4.69, 9.17) is 5.73 Å². The Kier molecular flexibility index (Phi) is 1.07. The van der Waals surface area contributed by atoms with Crippen LogP contribution in [0.4, 0.5) is 5.00 Å². The molecule has 0 fully saturated rings. The molecule has 0 aromatic carbocycles. The normalized spacial score (nSPS) is 10.4. The van der Waals surface area contributed by atoms with Gasteiger partial charge in [-0.25, -0.2) is 0 Å². The molecule has 0 radical (unpaired) electrons. The second-order valence-electron chi connectivity index (χ2n) is 1.94. The molecule has 0 aliphatic carbocycles. The van der Waals surface area contributed by atoms with Crippen LogP contribution in [0.15, 0.2) is 18.5 Å². The van der Waals surface area contributed by atoms with E-state index in [1.54, 1.807) is 12.4 Å². The Morgan fingerprint density at radius 3 is 3.20 bits per heavy atom. The highest BCUT2D eigenvalue weighted by atomic mass is 32.1. The molecule has 2 heterocycles. The topological polar surface area (TPSA) is 51.8 Å². The number of anilines is 1. The van der Waals surface area contributed by atoms with Crippen molar-refractivity contribution in [2.45, 2.75) is 0 Å². The van der Waals surface area contributed by atoms with Crippen molar-refractivity contribution in [1.82, 2.24) is 9.36 Å². The number of nitrogen functional groups attached to an aromatic ring is 1. The highest BCUT2D eigenvalue weighted by Crippen LogP contribution is 2.22. The molecular weight excluding hydrogens is 146 g/mol. The lowest BCUT2D eigenvalue weighted by Crippen LogP contribution is -1.78. The lowest BCUT2D eigenvalue weighted by Gasteiger charge is -1.84. The van der Waals surface area contributed by atoms with Gasteiger partial charge in [-0.2, -0.15) is 4.37 Å². The SMILES string of the molecule is Nc1snc2cnccc12. The molecule has 0 bridgehead atoms. The van der Waals surface area contributed by atoms with Crippen molar-refractivity contribution in [2.75, 3.05) is 5.73 Å². The molecular formula is C6H5N3S. The van der Waals surface area contributed by atoms with E-state index < -0.39 is 0 Å². The number of pyridine rings is 1. The third-order valence-electron chi connectivity index (χ3n) is 1.31. The second kappa shape index (κ2) is 1.91. The van der Waals surface area contributed by atoms with Crippen molar-refractivity contribution < 1.29 is 0 Å². The van der Waals surface area contributed by atoms with Gasteiger partial charge in [0.1, 0.15) is 10.5 Å². The molecule has 2 N–H and O–H groups in total. The lowest BCUT2D eigenvalue weighted by molar-refractivity contribution is 1.35. The van der Waals surface area contributed by atoms with Crippen LogP contribution < -0.4 is 5.73 Å². The molecule has 4 heteroatoms. The van der Waals surface area contributed by atoms with E-state index >= 15 is 0 Å². The van der Waals surface area contributed by atoms with Crippen LogP contribution in [-0.2, 0) is 0 Å². The summed E-state index contributed by atoms with van der Waals surface area (Å²) < 4.78 is 4.07. The number of rotatable bonds is 0. The predicted molar refractivity (Wildman–Crippen MR) is 41.8 cm³/mol. The van der Waals surface area contributed by atoms with Crippen LogP contribution in [0.25, 0.3) is 10.9 Å². The third-order valence-corrected chi connectivity index (χ3v) is 2.01. The molecule has 10 heavy (non-hydrogen) atoms. The van der Waals surface area contributed by atoms with E-state index in [9.17, 15) is 0 Å². The van der Waals surface area contributed by atoms with Gasteiger partial charge < -0.3 is 5.73 Å². The Balaban J connectivity index is 2.93. The first-order chi connectivity index (χ1) is 4.88. The van der Waals surface area contributed by atoms with Crippen molar-refractivity contribution in [3.8, 4) is 0 Å². The first-order valence-corrected chi connectivity index (χ1v) is 3.60. The zero-order valence-corrected chi connectivity index (χ0v) is 5.93. The van der Waals surface area contributed by atoms with E-state index in [0.717, 1.165) is 15.9 Å². The number of hydrogen-bond acceptors (Lipinski definition) is 4. The Hall–Kier alpha value is -1.16. The number of aromatic nitrogens is 2. The summed E-state index contributed by atoms with van der Waals surface area (Å²) in [6, 6.07) is 1.87. The predicted octanol–water partition coefficient (Wildman–Crippen LogP) is 1.27. The fourth-order valence-electron chi connectivity index (χ4n) is 0.815. The first-order valence-electron chi connectivity index (χ1n) is 2.83. The molecule has 50 valence electrons. The van der Waals surface area contributed by atoms with E-state index in [0.29, 0.717) is 0 Å². The lowest BCUT2D eigenvalue weighted by atomic mass is 10.3. The van der Waals surface area contributed by atoms with Gasteiger partial charge in [0.05, 0.1) is 6.20 Å². The van der Waals surface area contributed by atoms with Crippen molar-refractivity contribution in [1.29, 1.82) is 0 Å². The van der Waals surface area contributed by atoms with Gasteiger partial charge in [-0.05, 0) is 17.6 Å². The molecule has 2 aromatic heterocycles. The summed E-state index contributed by atoms with van der Waals surface area (Å²) in [7, 11) is 0. The van der Waals surface area contributed by atoms with Crippen LogP contribution in [0.3, 0.4) is 0 Å². The van der Waals surface area contributed by atoms with Gasteiger partial charge in [-0.15, -0.1) is 0 Å². The van der Waals surface area contributed by atoms with Gasteiger partial charge in [0, 0.05) is 11.6 Å². The Morgan fingerprint density at radius 2 is 2.40 bits per heavy atom. The summed E-state index contributed by atoms with van der Waals surface area (Å²) in [5.41, 5.74) is 6.48. The number of hydrogen-bond donors (Lipinski definition) is 1. The Morgan fingerprint density at radius 1 is 1.50 bits per heavy atom. The largest absolute Gasteiger partial charge is 0.389 e. The summed E-state index contributed by atoms with van der Waals surface area (Å²) in [6.45, 7) is 0. The Bertz CT molecular complexity index is 355. The van der Waals surface area contributed by atoms with Crippen LogP contribution in [0.2, 0.25) is 0 Å². The fourth-order valence-corrected chi connectivity index (χ4v) is 1.43. The molecule has 2 rings (SSSR count). The van der Waals surface area contributed by atoms with Gasteiger partial charge >= 0.3 is 0 Å². The van der Waals surface area contributed by atoms with Crippen molar-refractivity contribution in [3.05, 3.63) is 18.5 Å². The maximum absolute atomic E-state index is 5.60. The van der Waals surface area contributed by atoms with E-state index in [1.165, 1.54) is 11.5 Å². The highest BCUT2D eigenvalue weighted by Gasteiger charge is 1.99. The zero-order chi connectivity index (χ0) is 6.97. The standard InChI is InChI=1S/C6H5N3S/c7-6-4-1-2-8-3-5(4)9-10-6/h1-3H,7H2. The van der Waals surface area contributed by atoms with Gasteiger partial charge in [-0.1, -0.05) is 0 Å². The van der Waals surface area contributed by atoms with Crippen LogP contribution in [-0.4, -0.2) is 9.36 Å². The molecule has 0 spiro atoms. The summed E-state index contributed by atoms with van der Waals surface area (Å²) in [6.07, 6.45) is 3.43. The van der Waals surface area contributed by atoms with Crippen LogP contribution >= 0.6 is 11.5 Å². The minimum Gasteiger partial charge on any atom is -0.389 e. The molecule has 0 aliphatic rings. The van der Waals surface area contributed by atoms with Gasteiger partial charge in [0.15, 0.2) is 0 Å². The monoisotopic (exact) mass is 151 g/mol. The van der Waals surface area contributed by atoms with E-state index in [2.05, 4.69) is 9.36 Å². The molecule has 0 amide bonds. The summed E-state index contributed by atoms with van der Waals surface area (Å²) in [5, 5.41) is 1.76. The zero-order valence-electron chi connectivity index (χ0n) is 5.11. The van der Waals surface area contributed by atoms with Crippen LogP contribution in [0.5, 0.6) is 0 Å². The maximum atomic E-state index is 5.60. The minimum absolute atomic E-state index is 0.761. The minimum atomic E-state index is 0.761. The van der Waals surface area contributed by atoms with Crippen molar-refractivity contribution in [3.63, 3.8) is 0 Å².